The molecule has 1 saturated heterocycles. The number of hydrogen-bond donors (Lipinski definition) is 0. The Morgan fingerprint density at radius 1 is 1.17 bits per heavy atom. The van der Waals surface area contributed by atoms with E-state index in [1.165, 1.54) is 7.11 Å². The topological polar surface area (TPSA) is 46.6 Å². The van der Waals surface area contributed by atoms with Gasteiger partial charge >= 0.3 is 5.97 Å². The standard InChI is InChI=1S/C18H24ClNO3/c1-11(2)12(3)17(21)20-9-15(16(10-20)18(22)23-4)13-5-7-14(19)8-6-13/h5-8,11-12,15-16H,9-10H2,1-4H3/t12?,15-,16+/m0/s1. The zero-order valence-electron chi connectivity index (χ0n) is 14.1. The Hall–Kier alpha value is -1.55. The Morgan fingerprint density at radius 2 is 1.78 bits per heavy atom. The van der Waals surface area contributed by atoms with Crippen LogP contribution in [0.25, 0.3) is 0 Å². The van der Waals surface area contributed by atoms with Gasteiger partial charge in [0.2, 0.25) is 5.91 Å². The fourth-order valence-corrected chi connectivity index (χ4v) is 3.12. The maximum absolute atomic E-state index is 12.6. The van der Waals surface area contributed by atoms with Gasteiger partial charge in [-0.05, 0) is 23.6 Å². The van der Waals surface area contributed by atoms with E-state index in [-0.39, 0.29) is 35.5 Å². The zero-order valence-corrected chi connectivity index (χ0v) is 14.8. The van der Waals surface area contributed by atoms with Crippen LogP contribution in [0.2, 0.25) is 5.02 Å². The second kappa shape index (κ2) is 7.35. The second-order valence-electron chi connectivity index (χ2n) is 6.56. The van der Waals surface area contributed by atoms with Crippen molar-refractivity contribution in [1.29, 1.82) is 0 Å². The summed E-state index contributed by atoms with van der Waals surface area (Å²) in [6.07, 6.45) is 0. The Morgan fingerprint density at radius 3 is 2.30 bits per heavy atom. The summed E-state index contributed by atoms with van der Waals surface area (Å²) < 4.78 is 4.94. The monoisotopic (exact) mass is 337 g/mol. The van der Waals surface area contributed by atoms with E-state index in [9.17, 15) is 9.59 Å². The number of nitrogens with zero attached hydrogens (tertiary/aromatic N) is 1. The predicted octanol–water partition coefficient (Wildman–Crippen LogP) is 3.35. The molecule has 0 spiro atoms. The number of hydrogen-bond acceptors (Lipinski definition) is 3. The molecule has 0 aliphatic carbocycles. The van der Waals surface area contributed by atoms with Crippen LogP contribution in [0, 0.1) is 17.8 Å². The van der Waals surface area contributed by atoms with Gasteiger partial charge in [0.25, 0.3) is 0 Å². The molecular formula is C18H24ClNO3. The highest BCUT2D eigenvalue weighted by atomic mass is 35.5. The average Bonchev–Trinajstić information content (AvgIpc) is 2.98. The quantitative estimate of drug-likeness (QED) is 0.791. The van der Waals surface area contributed by atoms with Crippen molar-refractivity contribution in [2.45, 2.75) is 26.7 Å². The molecule has 5 heteroatoms. The van der Waals surface area contributed by atoms with Crippen molar-refractivity contribution in [3.05, 3.63) is 34.9 Å². The number of carbonyl (C=O) groups excluding carboxylic acids is 2. The van der Waals surface area contributed by atoms with Gasteiger partial charge in [0.1, 0.15) is 0 Å². The Bertz CT molecular complexity index is 570. The second-order valence-corrected chi connectivity index (χ2v) is 7.00. The van der Waals surface area contributed by atoms with Crippen LogP contribution in [0.3, 0.4) is 0 Å². The van der Waals surface area contributed by atoms with E-state index in [2.05, 4.69) is 0 Å². The predicted molar refractivity (Wildman–Crippen MR) is 90.3 cm³/mol. The maximum Gasteiger partial charge on any atom is 0.311 e. The van der Waals surface area contributed by atoms with Crippen molar-refractivity contribution in [2.24, 2.45) is 17.8 Å². The molecule has 126 valence electrons. The molecule has 23 heavy (non-hydrogen) atoms. The first kappa shape index (κ1) is 17.8. The van der Waals surface area contributed by atoms with Crippen molar-refractivity contribution in [2.75, 3.05) is 20.2 Å². The summed E-state index contributed by atoms with van der Waals surface area (Å²) in [6.45, 7) is 6.96. The average molecular weight is 338 g/mol. The third kappa shape index (κ3) is 3.86. The molecule has 1 aromatic rings. The van der Waals surface area contributed by atoms with Crippen molar-refractivity contribution in [3.63, 3.8) is 0 Å². The largest absolute Gasteiger partial charge is 0.469 e. The molecule has 1 aliphatic rings. The summed E-state index contributed by atoms with van der Waals surface area (Å²) >= 11 is 5.94. The molecule has 1 aromatic carbocycles. The summed E-state index contributed by atoms with van der Waals surface area (Å²) in [6, 6.07) is 7.46. The minimum absolute atomic E-state index is 0.0528. The van der Waals surface area contributed by atoms with Crippen LogP contribution in [0.1, 0.15) is 32.3 Å². The fourth-order valence-electron chi connectivity index (χ4n) is 2.99. The third-order valence-electron chi connectivity index (χ3n) is 4.82. The van der Waals surface area contributed by atoms with E-state index >= 15 is 0 Å². The van der Waals surface area contributed by atoms with Crippen molar-refractivity contribution in [3.8, 4) is 0 Å². The Kier molecular flexibility index (Phi) is 5.69. The van der Waals surface area contributed by atoms with Gasteiger partial charge in [0, 0.05) is 29.9 Å². The van der Waals surface area contributed by atoms with Crippen LogP contribution in [0.4, 0.5) is 0 Å². The molecule has 1 fully saturated rings. The molecule has 0 bridgehead atoms. The van der Waals surface area contributed by atoms with Crippen LogP contribution >= 0.6 is 11.6 Å². The molecule has 0 saturated carbocycles. The maximum atomic E-state index is 12.6. The first-order chi connectivity index (χ1) is 10.8. The van der Waals surface area contributed by atoms with E-state index < -0.39 is 0 Å². The third-order valence-corrected chi connectivity index (χ3v) is 5.08. The lowest BCUT2D eigenvalue weighted by Crippen LogP contribution is -2.36. The van der Waals surface area contributed by atoms with Gasteiger partial charge in [-0.3, -0.25) is 9.59 Å². The van der Waals surface area contributed by atoms with Crippen LogP contribution in [-0.4, -0.2) is 37.0 Å². The van der Waals surface area contributed by atoms with Crippen LogP contribution in [-0.2, 0) is 14.3 Å². The lowest BCUT2D eigenvalue weighted by Gasteiger charge is -2.23. The normalized spacial score (nSPS) is 22.3. The van der Waals surface area contributed by atoms with Gasteiger partial charge in [-0.15, -0.1) is 0 Å². The molecule has 0 radical (unpaired) electrons. The summed E-state index contributed by atoms with van der Waals surface area (Å²) in [5, 5.41) is 0.655. The molecule has 0 aromatic heterocycles. The summed E-state index contributed by atoms with van der Waals surface area (Å²) in [7, 11) is 1.39. The van der Waals surface area contributed by atoms with Gasteiger partial charge in [-0.25, -0.2) is 0 Å². The first-order valence-corrected chi connectivity index (χ1v) is 8.35. The smallest absolute Gasteiger partial charge is 0.311 e. The van der Waals surface area contributed by atoms with Gasteiger partial charge < -0.3 is 9.64 Å². The van der Waals surface area contributed by atoms with Gasteiger partial charge in [-0.1, -0.05) is 44.5 Å². The molecule has 1 unspecified atom stereocenters. The lowest BCUT2D eigenvalue weighted by molar-refractivity contribution is -0.145. The number of amides is 1. The number of ether oxygens (including phenoxy) is 1. The molecule has 4 nitrogen and oxygen atoms in total. The number of rotatable bonds is 4. The summed E-state index contributed by atoms with van der Waals surface area (Å²) in [5.41, 5.74) is 1.01. The van der Waals surface area contributed by atoms with Gasteiger partial charge in [0.15, 0.2) is 0 Å². The van der Waals surface area contributed by atoms with Crippen LogP contribution in [0.15, 0.2) is 24.3 Å². The molecule has 3 atom stereocenters. The highest BCUT2D eigenvalue weighted by Gasteiger charge is 2.42. The first-order valence-electron chi connectivity index (χ1n) is 7.97. The minimum atomic E-state index is -0.329. The number of likely N-dealkylation sites (tertiary alicyclic amines) is 1. The molecule has 1 heterocycles. The summed E-state index contributed by atoms with van der Waals surface area (Å²) in [4.78, 5) is 26.6. The van der Waals surface area contributed by atoms with E-state index in [1.54, 1.807) is 4.90 Å². The minimum Gasteiger partial charge on any atom is -0.469 e. The number of halogens is 1. The molecule has 1 amide bonds. The summed E-state index contributed by atoms with van der Waals surface area (Å²) in [5.74, 6) is -0.332. The lowest BCUT2D eigenvalue weighted by atomic mass is 9.89. The van der Waals surface area contributed by atoms with Crippen molar-refractivity contribution < 1.29 is 14.3 Å². The van der Waals surface area contributed by atoms with E-state index in [4.69, 9.17) is 16.3 Å². The highest BCUT2D eigenvalue weighted by Crippen LogP contribution is 2.35. The number of methoxy groups -OCH3 is 1. The van der Waals surface area contributed by atoms with E-state index in [1.807, 2.05) is 45.0 Å². The van der Waals surface area contributed by atoms with Gasteiger partial charge in [-0.2, -0.15) is 0 Å². The number of benzene rings is 1. The van der Waals surface area contributed by atoms with E-state index in [0.717, 1.165) is 5.56 Å². The molecule has 1 aliphatic heterocycles. The van der Waals surface area contributed by atoms with Crippen molar-refractivity contribution >= 4 is 23.5 Å². The fraction of sp³-hybridized carbons (Fsp3) is 0.556. The van der Waals surface area contributed by atoms with Crippen molar-refractivity contribution in [1.82, 2.24) is 4.90 Å². The van der Waals surface area contributed by atoms with Gasteiger partial charge in [0.05, 0.1) is 13.0 Å². The van der Waals surface area contributed by atoms with E-state index in [0.29, 0.717) is 18.1 Å². The Balaban J connectivity index is 2.24. The molecule has 0 N–H and O–H groups in total. The number of carbonyl (C=O) groups is 2. The van der Waals surface area contributed by atoms with Crippen LogP contribution < -0.4 is 0 Å². The molecule has 2 rings (SSSR count). The SMILES string of the molecule is COC(=O)[C@@H]1CN(C(=O)C(C)C(C)C)C[C@H]1c1ccc(Cl)cc1. The number of esters is 1. The van der Waals surface area contributed by atoms with Crippen LogP contribution in [0.5, 0.6) is 0 Å². The zero-order chi connectivity index (χ0) is 17.1. The molecular weight excluding hydrogens is 314 g/mol. The highest BCUT2D eigenvalue weighted by molar-refractivity contribution is 6.30. The Labute approximate surface area is 142 Å².